The lowest BCUT2D eigenvalue weighted by molar-refractivity contribution is -0.118. The highest BCUT2D eigenvalue weighted by molar-refractivity contribution is 7.91. The number of hydrogen-bond donors (Lipinski definition) is 2. The summed E-state index contributed by atoms with van der Waals surface area (Å²) in [5.74, 6) is -0.552. The quantitative estimate of drug-likeness (QED) is 0.790. The highest BCUT2D eigenvalue weighted by Gasteiger charge is 2.28. The molecule has 0 radical (unpaired) electrons. The van der Waals surface area contributed by atoms with Crippen molar-refractivity contribution in [1.29, 1.82) is 0 Å². The fourth-order valence-electron chi connectivity index (χ4n) is 2.18. The average Bonchev–Trinajstić information content (AvgIpc) is 3.08. The molecule has 1 atom stereocenters. The summed E-state index contributed by atoms with van der Waals surface area (Å²) >= 11 is 1.12. The third-order valence-electron chi connectivity index (χ3n) is 3.62. The van der Waals surface area contributed by atoms with Gasteiger partial charge in [-0.2, -0.15) is 4.72 Å². The monoisotopic (exact) mass is 366 g/mol. The van der Waals surface area contributed by atoms with Crippen LogP contribution in [-0.4, -0.2) is 20.4 Å². The molecule has 0 saturated carbocycles. The summed E-state index contributed by atoms with van der Waals surface area (Å²) in [6, 6.07) is 9.86. The van der Waals surface area contributed by atoms with Gasteiger partial charge in [-0.25, -0.2) is 8.42 Å². The fraction of sp³-hybridized carbons (Fsp3) is 0.353. The molecule has 0 fully saturated rings. The summed E-state index contributed by atoms with van der Waals surface area (Å²) in [5, 5.41) is 4.47. The normalized spacial score (nSPS) is 13.0. The molecule has 1 amide bonds. The topological polar surface area (TPSA) is 75.3 Å². The van der Waals surface area contributed by atoms with Gasteiger partial charge in [-0.1, -0.05) is 39.0 Å². The molecular weight excluding hydrogens is 344 g/mol. The Kier molecular flexibility index (Phi) is 6.15. The van der Waals surface area contributed by atoms with Crippen LogP contribution < -0.4 is 10.0 Å². The molecule has 2 aromatic rings. The van der Waals surface area contributed by atoms with E-state index < -0.39 is 16.1 Å². The van der Waals surface area contributed by atoms with Gasteiger partial charge in [0.15, 0.2) is 0 Å². The summed E-state index contributed by atoms with van der Waals surface area (Å²) in [7, 11) is -3.70. The van der Waals surface area contributed by atoms with E-state index in [1.807, 2.05) is 24.3 Å². The summed E-state index contributed by atoms with van der Waals surface area (Å²) in [4.78, 5) is 12.5. The maximum atomic E-state index is 12.5. The number of carbonyl (C=O) groups excluding carboxylic acids is 1. The van der Waals surface area contributed by atoms with Gasteiger partial charge in [0.2, 0.25) is 5.91 Å². The van der Waals surface area contributed by atoms with Crippen molar-refractivity contribution in [3.63, 3.8) is 0 Å². The van der Waals surface area contributed by atoms with Gasteiger partial charge in [0, 0.05) is 5.69 Å². The third kappa shape index (κ3) is 4.66. The van der Waals surface area contributed by atoms with Crippen LogP contribution in [0.25, 0.3) is 0 Å². The van der Waals surface area contributed by atoms with E-state index in [9.17, 15) is 13.2 Å². The molecule has 0 bridgehead atoms. The van der Waals surface area contributed by atoms with Gasteiger partial charge in [-0.15, -0.1) is 11.3 Å². The smallest absolute Gasteiger partial charge is 0.250 e. The first-order valence-electron chi connectivity index (χ1n) is 7.79. The zero-order valence-corrected chi connectivity index (χ0v) is 15.6. The van der Waals surface area contributed by atoms with Crippen molar-refractivity contribution in [3.05, 3.63) is 47.3 Å². The van der Waals surface area contributed by atoms with E-state index in [1.165, 1.54) is 11.6 Å². The van der Waals surface area contributed by atoms with Crippen molar-refractivity contribution in [3.8, 4) is 0 Å². The second kappa shape index (κ2) is 7.92. The Labute approximate surface area is 147 Å². The van der Waals surface area contributed by atoms with Gasteiger partial charge in [0.1, 0.15) is 10.3 Å². The molecule has 0 aliphatic rings. The van der Waals surface area contributed by atoms with Gasteiger partial charge < -0.3 is 5.32 Å². The molecule has 24 heavy (non-hydrogen) atoms. The Morgan fingerprint density at radius 1 is 1.17 bits per heavy atom. The van der Waals surface area contributed by atoms with E-state index in [-0.39, 0.29) is 16.0 Å². The van der Waals surface area contributed by atoms with Crippen LogP contribution in [0.15, 0.2) is 46.0 Å². The molecule has 5 nitrogen and oxygen atoms in total. The van der Waals surface area contributed by atoms with E-state index in [0.717, 1.165) is 17.8 Å². The van der Waals surface area contributed by atoms with Crippen LogP contribution in [-0.2, 0) is 21.2 Å². The minimum atomic E-state index is -3.70. The summed E-state index contributed by atoms with van der Waals surface area (Å²) < 4.78 is 27.4. The molecule has 2 rings (SSSR count). The summed E-state index contributed by atoms with van der Waals surface area (Å²) in [6.07, 6.45) is 0.920. The number of carbonyl (C=O) groups is 1. The number of anilines is 1. The minimum Gasteiger partial charge on any atom is -0.325 e. The Hall–Kier alpha value is -1.70. The van der Waals surface area contributed by atoms with Crippen molar-refractivity contribution in [2.24, 2.45) is 5.92 Å². The van der Waals surface area contributed by atoms with Crippen LogP contribution in [0.1, 0.15) is 26.3 Å². The number of thiophene rings is 1. The standard InChI is InChI=1S/C17H22N2O3S2/c1-4-13-7-9-14(10-8-13)18-17(20)16(12(2)3)19-24(21,22)15-6-5-11-23-15/h5-12,16,19H,4H2,1-3H3,(H,18,20)/t16-/m0/s1. The first-order chi connectivity index (χ1) is 11.3. The number of nitrogens with one attached hydrogen (secondary N) is 2. The molecule has 0 unspecified atom stereocenters. The van der Waals surface area contributed by atoms with Crippen molar-refractivity contribution < 1.29 is 13.2 Å². The lowest BCUT2D eigenvalue weighted by Gasteiger charge is -2.21. The number of benzene rings is 1. The van der Waals surface area contributed by atoms with Crippen molar-refractivity contribution in [1.82, 2.24) is 4.72 Å². The SMILES string of the molecule is CCc1ccc(NC(=O)[C@@H](NS(=O)(=O)c2cccs2)C(C)C)cc1. The number of rotatable bonds is 7. The van der Waals surface area contributed by atoms with Crippen molar-refractivity contribution >= 4 is 33.0 Å². The molecule has 2 N–H and O–H groups in total. The molecule has 1 heterocycles. The van der Waals surface area contributed by atoms with E-state index >= 15 is 0 Å². The summed E-state index contributed by atoms with van der Waals surface area (Å²) in [5.41, 5.74) is 1.82. The van der Waals surface area contributed by atoms with E-state index in [2.05, 4.69) is 17.0 Å². The first-order valence-corrected chi connectivity index (χ1v) is 10.2. The van der Waals surface area contributed by atoms with Crippen LogP contribution >= 0.6 is 11.3 Å². The molecule has 0 spiro atoms. The largest absolute Gasteiger partial charge is 0.325 e. The molecule has 0 aliphatic heterocycles. The maximum Gasteiger partial charge on any atom is 0.250 e. The van der Waals surface area contributed by atoms with Crippen LogP contribution in [0, 0.1) is 5.92 Å². The minimum absolute atomic E-state index is 0.186. The molecule has 130 valence electrons. The Bertz CT molecular complexity index is 767. The van der Waals surface area contributed by atoms with E-state index in [4.69, 9.17) is 0 Å². The van der Waals surface area contributed by atoms with E-state index in [0.29, 0.717) is 5.69 Å². The molecule has 0 saturated heterocycles. The highest BCUT2D eigenvalue weighted by Crippen LogP contribution is 2.18. The number of hydrogen-bond acceptors (Lipinski definition) is 4. The molecule has 7 heteroatoms. The zero-order chi connectivity index (χ0) is 17.7. The summed E-state index contributed by atoms with van der Waals surface area (Å²) in [6.45, 7) is 5.67. The van der Waals surface area contributed by atoms with Crippen LogP contribution in [0.5, 0.6) is 0 Å². The average molecular weight is 367 g/mol. The fourth-order valence-corrected chi connectivity index (χ4v) is 4.53. The van der Waals surface area contributed by atoms with Gasteiger partial charge in [-0.05, 0) is 41.5 Å². The van der Waals surface area contributed by atoms with Crippen LogP contribution in [0.2, 0.25) is 0 Å². The third-order valence-corrected chi connectivity index (χ3v) is 6.46. The number of amides is 1. The molecule has 1 aromatic carbocycles. The van der Waals surface area contributed by atoms with Gasteiger partial charge in [-0.3, -0.25) is 4.79 Å². The lowest BCUT2D eigenvalue weighted by atomic mass is 10.0. The second-order valence-corrected chi connectivity index (χ2v) is 8.70. The van der Waals surface area contributed by atoms with Crippen LogP contribution in [0.3, 0.4) is 0 Å². The predicted octanol–water partition coefficient (Wildman–Crippen LogP) is 3.25. The highest BCUT2D eigenvalue weighted by atomic mass is 32.2. The first kappa shape index (κ1) is 18.6. The Morgan fingerprint density at radius 3 is 2.33 bits per heavy atom. The lowest BCUT2D eigenvalue weighted by Crippen LogP contribution is -2.46. The maximum absolute atomic E-state index is 12.5. The van der Waals surface area contributed by atoms with Crippen molar-refractivity contribution in [2.75, 3.05) is 5.32 Å². The van der Waals surface area contributed by atoms with Gasteiger partial charge in [0.05, 0.1) is 0 Å². The molecule has 1 aromatic heterocycles. The van der Waals surface area contributed by atoms with E-state index in [1.54, 1.807) is 25.3 Å². The number of sulfonamides is 1. The van der Waals surface area contributed by atoms with Crippen LogP contribution in [0.4, 0.5) is 5.69 Å². The van der Waals surface area contributed by atoms with Gasteiger partial charge >= 0.3 is 0 Å². The second-order valence-electron chi connectivity index (χ2n) is 5.81. The Morgan fingerprint density at radius 2 is 1.83 bits per heavy atom. The Balaban J connectivity index is 2.13. The molecular formula is C17H22N2O3S2. The van der Waals surface area contributed by atoms with Gasteiger partial charge in [0.25, 0.3) is 10.0 Å². The molecule has 0 aliphatic carbocycles. The zero-order valence-electron chi connectivity index (χ0n) is 13.9. The number of aryl methyl sites for hydroxylation is 1. The van der Waals surface area contributed by atoms with Crippen molar-refractivity contribution in [2.45, 2.75) is 37.4 Å². The predicted molar refractivity (Wildman–Crippen MR) is 97.7 cm³/mol.